The molecule has 0 aromatic rings. The average molecular weight is 355 g/mol. The van der Waals surface area contributed by atoms with Crippen LogP contribution in [0.15, 0.2) is 18.2 Å². The molecule has 0 bridgehead atoms. The Kier molecular flexibility index (Phi) is 31.7. The maximum Gasteiger partial charge on any atom is 3.00 e. The number of rotatable bonds is 0. The smallest absolute Gasteiger partial charge is 0.418 e. The molecule has 0 aliphatic heterocycles. The summed E-state index contributed by atoms with van der Waals surface area (Å²) in [4.78, 5) is 16.0. The molecule has 1 radical (unpaired) electrons. The molecule has 0 spiro atoms. The van der Waals surface area contributed by atoms with E-state index in [1.807, 2.05) is 25.7 Å². The fraction of sp³-hybridized carbons (Fsp3) is 0.143. The molecule has 0 fully saturated rings. The van der Waals surface area contributed by atoms with Gasteiger partial charge in [0.15, 0.2) is 0 Å². The normalized spacial score (nSPS) is 10.8. The van der Waals surface area contributed by atoms with Crippen molar-refractivity contribution in [3.8, 4) is 0 Å². The Morgan fingerprint density at radius 3 is 1.10 bits per heavy atom. The third-order valence-electron chi connectivity index (χ3n) is 0.586. The number of carbonyl (C=O) groups excluding carboxylic acids is 2. The average Bonchev–Trinajstić information content (AvgIpc) is 2.75. The van der Waals surface area contributed by atoms with Crippen LogP contribution in [0, 0.1) is 6.08 Å². The molecule has 13 heteroatoms. The Morgan fingerprint density at radius 1 is 0.800 bits per heavy atom. The van der Waals surface area contributed by atoms with Gasteiger partial charge in [0.2, 0.25) is 0 Å². The summed E-state index contributed by atoms with van der Waals surface area (Å²) in [5.41, 5.74) is 0. The van der Waals surface area contributed by atoms with Crippen LogP contribution in [0.25, 0.3) is 0 Å². The Labute approximate surface area is 121 Å². The van der Waals surface area contributed by atoms with E-state index in [4.69, 9.17) is 9.59 Å². The molecule has 0 aromatic carbocycles. The molecule has 1 aliphatic carbocycles. The second-order valence-electron chi connectivity index (χ2n) is 1.99. The summed E-state index contributed by atoms with van der Waals surface area (Å²) in [6.45, 7) is 4.00. The largest absolute Gasteiger partial charge is 3.00 e. The van der Waals surface area contributed by atoms with E-state index in [9.17, 15) is 34.5 Å². The first-order valence-electron chi connectivity index (χ1n) is 4.04. The van der Waals surface area contributed by atoms with Gasteiger partial charge in [0.25, 0.3) is 0 Å². The first-order valence-corrected chi connectivity index (χ1v) is 4.04. The van der Waals surface area contributed by atoms with Gasteiger partial charge in [0.1, 0.15) is 13.6 Å². The number of allylic oxidation sites excluding steroid dienone is 4. The van der Waals surface area contributed by atoms with E-state index >= 15 is 0 Å². The summed E-state index contributed by atoms with van der Waals surface area (Å²) >= 11 is 0. The molecule has 0 aromatic heterocycles. The number of carbonyl (C=O) groups is 2. The predicted octanol–water partition coefficient (Wildman–Crippen LogP) is 3.53. The molecule has 0 saturated heterocycles. The van der Waals surface area contributed by atoms with Crippen molar-refractivity contribution >= 4 is 28.1 Å². The van der Waals surface area contributed by atoms with Crippen molar-refractivity contribution in [1.29, 1.82) is 0 Å². The summed E-state index contributed by atoms with van der Waals surface area (Å²) in [5, 5.41) is 0. The SMILES string of the molecule is C=O.C=O.F[B-](F)(F)F.F[B-](F)(F)F.[C-]1=CC=CC1.[Fe+3]. The molecule has 0 N–H and O–H groups in total. The molecule has 119 valence electrons. The van der Waals surface area contributed by atoms with E-state index in [1.165, 1.54) is 0 Å². The maximum atomic E-state index is 9.75. The van der Waals surface area contributed by atoms with Gasteiger partial charge in [-0.2, -0.15) is 6.08 Å². The Balaban J connectivity index is -0.0000000489. The van der Waals surface area contributed by atoms with Crippen molar-refractivity contribution in [1.82, 2.24) is 0 Å². The summed E-state index contributed by atoms with van der Waals surface area (Å²) in [6.07, 6.45) is 10.0. The molecule has 0 heterocycles. The number of halogens is 8. The molecule has 0 amide bonds. The van der Waals surface area contributed by atoms with Gasteiger partial charge in [0.05, 0.1) is 0 Å². The quantitative estimate of drug-likeness (QED) is 0.379. The second-order valence-corrected chi connectivity index (χ2v) is 1.99. The van der Waals surface area contributed by atoms with Crippen molar-refractivity contribution in [3.63, 3.8) is 0 Å². The molecule has 0 atom stereocenters. The van der Waals surface area contributed by atoms with Gasteiger partial charge in [-0.25, -0.2) is 12.2 Å². The van der Waals surface area contributed by atoms with Gasteiger partial charge in [-0.15, -0.1) is 6.42 Å². The van der Waals surface area contributed by atoms with Crippen molar-refractivity contribution in [2.24, 2.45) is 0 Å². The standard InChI is InChI=1S/C5H5.2CH2O.2BF4.Fe/c1-2-4-5-3-1;2*1-2;2*2-1(3,4)5;/h1-3H,4H2;2*1H2;;;/q-1;;;2*-1;+3. The molecule has 1 rings (SSSR count). The third kappa shape index (κ3) is 280. The van der Waals surface area contributed by atoms with Gasteiger partial charge >= 0.3 is 31.6 Å². The number of hydrogen-bond acceptors (Lipinski definition) is 2. The van der Waals surface area contributed by atoms with Crippen molar-refractivity contribution in [2.45, 2.75) is 6.42 Å². The zero-order chi connectivity index (χ0) is 16.5. The van der Waals surface area contributed by atoms with E-state index in [-0.39, 0.29) is 17.1 Å². The fourth-order valence-corrected chi connectivity index (χ4v) is 0.340. The minimum Gasteiger partial charge on any atom is -0.418 e. The van der Waals surface area contributed by atoms with E-state index in [0.717, 1.165) is 6.42 Å². The monoisotopic (exact) mass is 355 g/mol. The molecule has 1 aliphatic rings. The molecule has 0 saturated carbocycles. The zero-order valence-electron chi connectivity index (χ0n) is 9.70. The topological polar surface area (TPSA) is 34.1 Å². The van der Waals surface area contributed by atoms with Gasteiger partial charge in [-0.3, -0.25) is 6.08 Å². The summed E-state index contributed by atoms with van der Waals surface area (Å²) in [5.74, 6) is 0. The Bertz CT molecular complexity index is 208. The predicted molar refractivity (Wildman–Crippen MR) is 56.2 cm³/mol. The van der Waals surface area contributed by atoms with Crippen LogP contribution in [0.5, 0.6) is 0 Å². The Morgan fingerprint density at radius 2 is 1.05 bits per heavy atom. The summed E-state index contributed by atoms with van der Waals surface area (Å²) in [7, 11) is -12.0. The van der Waals surface area contributed by atoms with Crippen molar-refractivity contribution < 1.29 is 61.2 Å². The molecule has 0 unspecified atom stereocenters. The van der Waals surface area contributed by atoms with Crippen LogP contribution < -0.4 is 0 Å². The fourth-order valence-electron chi connectivity index (χ4n) is 0.340. The number of hydrogen-bond donors (Lipinski definition) is 0. The van der Waals surface area contributed by atoms with Crippen LogP contribution in [-0.2, 0) is 26.7 Å². The van der Waals surface area contributed by atoms with Gasteiger partial charge in [-0.05, 0) is 0 Å². The van der Waals surface area contributed by atoms with E-state index in [2.05, 4.69) is 12.2 Å². The third-order valence-corrected chi connectivity index (χ3v) is 0.586. The van der Waals surface area contributed by atoms with E-state index in [1.54, 1.807) is 0 Å². The zero-order valence-corrected chi connectivity index (χ0v) is 10.8. The minimum absolute atomic E-state index is 0. The van der Waals surface area contributed by atoms with Crippen molar-refractivity contribution in [3.05, 3.63) is 24.3 Å². The van der Waals surface area contributed by atoms with Crippen LogP contribution >= 0.6 is 0 Å². The van der Waals surface area contributed by atoms with Crippen LogP contribution in [-0.4, -0.2) is 28.1 Å². The van der Waals surface area contributed by atoms with E-state index < -0.39 is 14.5 Å². The Hall–Kier alpha value is -1.09. The van der Waals surface area contributed by atoms with Crippen LogP contribution in [0.4, 0.5) is 34.5 Å². The van der Waals surface area contributed by atoms with Crippen molar-refractivity contribution in [2.75, 3.05) is 0 Å². The minimum atomic E-state index is -6.00. The maximum absolute atomic E-state index is 9.75. The van der Waals surface area contributed by atoms with Gasteiger partial charge in [-0.1, -0.05) is 0 Å². The van der Waals surface area contributed by atoms with E-state index in [0.29, 0.717) is 0 Å². The molecule has 20 heavy (non-hydrogen) atoms. The summed E-state index contributed by atoms with van der Waals surface area (Å²) in [6, 6.07) is 0. The first-order chi connectivity index (χ1) is 8.50. The second kappa shape index (κ2) is 20.2. The van der Waals surface area contributed by atoms with Crippen LogP contribution in [0.3, 0.4) is 0 Å². The molecular weight excluding hydrogens is 346 g/mol. The summed E-state index contributed by atoms with van der Waals surface area (Å²) < 4.78 is 78.0. The van der Waals surface area contributed by atoms with Crippen LogP contribution in [0.1, 0.15) is 6.42 Å². The van der Waals surface area contributed by atoms with Crippen LogP contribution in [0.2, 0.25) is 0 Å². The first kappa shape index (κ1) is 31.3. The van der Waals surface area contributed by atoms with Gasteiger partial charge < -0.3 is 44.1 Å². The molecular formula is C7H9B2F8FeO2. The molecule has 2 nitrogen and oxygen atoms in total. The van der Waals surface area contributed by atoms with Gasteiger partial charge in [0, 0.05) is 0 Å².